The highest BCUT2D eigenvalue weighted by Gasteiger charge is 2.41. The molecular weight excluding hydrogens is 562 g/mol. The van der Waals surface area contributed by atoms with Gasteiger partial charge in [0.1, 0.15) is 11.5 Å². The van der Waals surface area contributed by atoms with E-state index in [1.165, 1.54) is 13.8 Å². The van der Waals surface area contributed by atoms with Crippen molar-refractivity contribution in [1.29, 1.82) is 0 Å². The van der Waals surface area contributed by atoms with Crippen molar-refractivity contribution in [2.45, 2.75) is 44.6 Å². The van der Waals surface area contributed by atoms with Gasteiger partial charge in [-0.1, -0.05) is 35.9 Å². The third-order valence-corrected chi connectivity index (χ3v) is 8.32. The van der Waals surface area contributed by atoms with Crippen molar-refractivity contribution in [3.05, 3.63) is 87.9 Å². The van der Waals surface area contributed by atoms with Crippen LogP contribution in [0.1, 0.15) is 40.9 Å². The number of ether oxygens (including phenoxy) is 2. The molecule has 1 amide bonds. The zero-order valence-electron chi connectivity index (χ0n) is 23.8. The van der Waals surface area contributed by atoms with Crippen molar-refractivity contribution in [2.24, 2.45) is 11.8 Å². The lowest BCUT2D eigenvalue weighted by Gasteiger charge is -2.25. The number of carbonyl (C=O) groups is 3. The number of aliphatic carboxylic acids is 1. The van der Waals surface area contributed by atoms with Crippen LogP contribution in [-0.2, 0) is 11.2 Å². The summed E-state index contributed by atoms with van der Waals surface area (Å²) >= 11 is 7.56. The van der Waals surface area contributed by atoms with Crippen molar-refractivity contribution in [1.82, 2.24) is 4.90 Å². The molecule has 0 unspecified atom stereocenters. The number of Topliss-reactive ketones (excluding diaryl/α,β-unsaturated/α-hetero) is 1. The first-order chi connectivity index (χ1) is 19.4. The molecule has 1 fully saturated rings. The first-order valence-electron chi connectivity index (χ1n) is 13.3. The summed E-state index contributed by atoms with van der Waals surface area (Å²) in [5, 5.41) is 10.0. The second-order valence-electron chi connectivity index (χ2n) is 10.9. The number of hydrogen-bond acceptors (Lipinski definition) is 6. The largest absolute Gasteiger partial charge is 0.478 e. The highest BCUT2D eigenvalue weighted by atomic mass is 35.5. The lowest BCUT2D eigenvalue weighted by molar-refractivity contribution is -0.152. The Labute approximate surface area is 249 Å². The minimum Gasteiger partial charge on any atom is -0.478 e. The summed E-state index contributed by atoms with van der Waals surface area (Å²) in [7, 11) is 0. The first kappa shape index (κ1) is 30.5. The minimum atomic E-state index is -1.38. The molecule has 4 rings (SSSR count). The molecule has 0 aromatic heterocycles. The molecule has 1 saturated heterocycles. The number of likely N-dealkylation sites (tertiary alicyclic amines) is 1. The molecule has 1 aliphatic rings. The van der Waals surface area contributed by atoms with Crippen LogP contribution in [0.2, 0.25) is 5.02 Å². The monoisotopic (exact) mass is 595 g/mol. The molecule has 9 heteroatoms. The van der Waals surface area contributed by atoms with Gasteiger partial charge in [0.15, 0.2) is 11.4 Å². The number of benzene rings is 3. The summed E-state index contributed by atoms with van der Waals surface area (Å²) in [5.41, 5.74) is 1.83. The Morgan fingerprint density at radius 3 is 2.17 bits per heavy atom. The Morgan fingerprint density at radius 2 is 1.61 bits per heavy atom. The van der Waals surface area contributed by atoms with Gasteiger partial charge in [-0.15, -0.1) is 11.8 Å². The molecule has 41 heavy (non-hydrogen) atoms. The lowest BCUT2D eigenvalue weighted by Crippen LogP contribution is -2.38. The summed E-state index contributed by atoms with van der Waals surface area (Å²) < 4.78 is 11.5. The Kier molecular flexibility index (Phi) is 9.34. The molecule has 0 saturated carbocycles. The Bertz CT molecular complexity index is 1410. The van der Waals surface area contributed by atoms with Crippen LogP contribution in [0.3, 0.4) is 0 Å². The number of aryl methyl sites for hydroxylation is 2. The Balaban J connectivity index is 1.59. The maximum atomic E-state index is 13.7. The maximum Gasteiger partial charge on any atom is 0.415 e. The third kappa shape index (κ3) is 7.24. The van der Waals surface area contributed by atoms with Gasteiger partial charge in [-0.2, -0.15) is 0 Å². The van der Waals surface area contributed by atoms with E-state index in [9.17, 15) is 19.5 Å². The number of rotatable bonds is 9. The van der Waals surface area contributed by atoms with E-state index in [-0.39, 0.29) is 18.2 Å². The number of nitrogens with zero attached hydrogens (tertiary/aromatic N) is 1. The second kappa shape index (κ2) is 12.6. The number of hydrogen-bond donors (Lipinski definition) is 1. The van der Waals surface area contributed by atoms with Gasteiger partial charge in [-0.25, -0.2) is 9.59 Å². The Morgan fingerprint density at radius 1 is 1.00 bits per heavy atom. The van der Waals surface area contributed by atoms with Gasteiger partial charge < -0.3 is 19.5 Å². The summed E-state index contributed by atoms with van der Waals surface area (Å²) in [4.78, 5) is 41.1. The number of ketones is 1. The first-order valence-corrected chi connectivity index (χ1v) is 14.9. The summed E-state index contributed by atoms with van der Waals surface area (Å²) in [6.45, 7) is 7.38. The fourth-order valence-electron chi connectivity index (χ4n) is 5.08. The van der Waals surface area contributed by atoms with Crippen molar-refractivity contribution < 1.29 is 29.0 Å². The standard InChI is InChI=1S/C32H34ClNO6S/c1-19-14-21(15-20(2)29(19)40-32(3,4)30(36)37)16-23-17-34(31(38)39-25-10-8-24(33)9-11-25)18-27(23)28(35)22-6-12-26(41-5)13-7-22/h6-15,23,27H,16-18H2,1-5H3,(H,36,37)/t23-,27-/m1/s1. The second-order valence-corrected chi connectivity index (χ2v) is 12.2. The molecule has 1 heterocycles. The lowest BCUT2D eigenvalue weighted by atomic mass is 9.84. The van der Waals surface area contributed by atoms with E-state index in [1.54, 1.807) is 40.9 Å². The van der Waals surface area contributed by atoms with Crippen molar-refractivity contribution >= 4 is 41.2 Å². The van der Waals surface area contributed by atoms with Gasteiger partial charge >= 0.3 is 12.1 Å². The zero-order chi connectivity index (χ0) is 29.9. The molecular formula is C32H34ClNO6S. The van der Waals surface area contributed by atoms with Gasteiger partial charge in [0.05, 0.1) is 0 Å². The van der Waals surface area contributed by atoms with E-state index in [0.29, 0.717) is 35.1 Å². The molecule has 3 aromatic carbocycles. The highest BCUT2D eigenvalue weighted by molar-refractivity contribution is 7.98. The number of carbonyl (C=O) groups excluding carboxylic acids is 2. The van der Waals surface area contributed by atoms with Crippen LogP contribution in [0.25, 0.3) is 0 Å². The summed E-state index contributed by atoms with van der Waals surface area (Å²) in [5.74, 6) is -0.728. The van der Waals surface area contributed by atoms with E-state index in [4.69, 9.17) is 21.1 Å². The molecule has 0 radical (unpaired) electrons. The summed E-state index contributed by atoms with van der Waals surface area (Å²) in [6, 6.07) is 18.0. The number of carboxylic acid groups (broad SMARTS) is 1. The smallest absolute Gasteiger partial charge is 0.415 e. The predicted octanol–water partition coefficient (Wildman–Crippen LogP) is 7.09. The van der Waals surface area contributed by atoms with Crippen LogP contribution < -0.4 is 9.47 Å². The van der Waals surface area contributed by atoms with E-state index in [0.717, 1.165) is 21.6 Å². The van der Waals surface area contributed by atoms with Crippen LogP contribution in [0.5, 0.6) is 11.5 Å². The van der Waals surface area contributed by atoms with E-state index in [2.05, 4.69) is 0 Å². The fraction of sp³-hybridized carbons (Fsp3) is 0.344. The SMILES string of the molecule is CSc1ccc(C(=O)[C@@H]2CN(C(=O)Oc3ccc(Cl)cc3)C[C@H]2Cc2cc(C)c(OC(C)(C)C(=O)O)c(C)c2)cc1. The van der Waals surface area contributed by atoms with Crippen molar-refractivity contribution in [2.75, 3.05) is 19.3 Å². The normalized spacial score (nSPS) is 16.9. The quantitative estimate of drug-likeness (QED) is 0.208. The molecule has 0 bridgehead atoms. The van der Waals surface area contributed by atoms with E-state index < -0.39 is 23.6 Å². The topological polar surface area (TPSA) is 93.1 Å². The zero-order valence-corrected chi connectivity index (χ0v) is 25.3. The third-order valence-electron chi connectivity index (χ3n) is 7.32. The number of thioether (sulfide) groups is 1. The Hall–Kier alpha value is -3.49. The number of halogens is 1. The van der Waals surface area contributed by atoms with E-state index >= 15 is 0 Å². The van der Waals surface area contributed by atoms with Crippen LogP contribution >= 0.6 is 23.4 Å². The maximum absolute atomic E-state index is 13.7. The number of amides is 1. The van der Waals surface area contributed by atoms with Crippen molar-refractivity contribution in [3.8, 4) is 11.5 Å². The van der Waals surface area contributed by atoms with Gasteiger partial charge in [0.25, 0.3) is 0 Å². The van der Waals surface area contributed by atoms with Gasteiger partial charge in [-0.05, 0) is 99.4 Å². The molecule has 7 nitrogen and oxygen atoms in total. The minimum absolute atomic E-state index is 0.0129. The van der Waals surface area contributed by atoms with Crippen LogP contribution in [0, 0.1) is 25.7 Å². The number of carboxylic acids is 1. The summed E-state index contributed by atoms with van der Waals surface area (Å²) in [6.07, 6.45) is 2.02. The average Bonchev–Trinajstić information content (AvgIpc) is 3.35. The molecule has 216 valence electrons. The van der Waals surface area contributed by atoms with Gasteiger partial charge in [-0.3, -0.25) is 4.79 Å². The van der Waals surface area contributed by atoms with Gasteiger partial charge in [0, 0.05) is 34.5 Å². The molecule has 0 spiro atoms. The average molecular weight is 596 g/mol. The molecule has 1 aliphatic heterocycles. The van der Waals surface area contributed by atoms with Crippen molar-refractivity contribution in [3.63, 3.8) is 0 Å². The highest BCUT2D eigenvalue weighted by Crippen LogP contribution is 2.34. The molecule has 3 aromatic rings. The van der Waals surface area contributed by atoms with Crippen LogP contribution in [0.15, 0.2) is 65.6 Å². The van der Waals surface area contributed by atoms with E-state index in [1.807, 2.05) is 56.5 Å². The molecule has 1 N–H and O–H groups in total. The van der Waals surface area contributed by atoms with Crippen LogP contribution in [0.4, 0.5) is 4.79 Å². The predicted molar refractivity (Wildman–Crippen MR) is 161 cm³/mol. The van der Waals surface area contributed by atoms with Gasteiger partial charge in [0.2, 0.25) is 0 Å². The molecule has 0 aliphatic carbocycles. The molecule has 2 atom stereocenters. The van der Waals surface area contributed by atoms with Crippen LogP contribution in [-0.4, -0.2) is 52.8 Å². The fourth-order valence-corrected chi connectivity index (χ4v) is 5.62.